The summed E-state index contributed by atoms with van der Waals surface area (Å²) >= 11 is 0. The maximum atomic E-state index is 14.7. The number of alkyl halides is 3. The molecule has 160 valence electrons. The van der Waals surface area contributed by atoms with E-state index in [4.69, 9.17) is 9.31 Å². The maximum Gasteiger partial charge on any atom is 0.497 e. The minimum absolute atomic E-state index is 0.164. The summed E-state index contributed by atoms with van der Waals surface area (Å²) in [7, 11) is -1.20. The molecule has 1 aromatic rings. The van der Waals surface area contributed by atoms with E-state index < -0.39 is 53.6 Å². The molecule has 2 heterocycles. The highest BCUT2D eigenvalue weighted by molar-refractivity contribution is 6.62. The van der Waals surface area contributed by atoms with Crippen LogP contribution in [0.1, 0.15) is 57.3 Å². The van der Waals surface area contributed by atoms with Gasteiger partial charge in [0.25, 0.3) is 5.91 Å². The quantitative estimate of drug-likeness (QED) is 0.541. The van der Waals surface area contributed by atoms with Gasteiger partial charge in [0.1, 0.15) is 17.7 Å². The first-order chi connectivity index (χ1) is 13.2. The fourth-order valence-electron chi connectivity index (χ4n) is 3.55. The number of hydrogen-bond acceptors (Lipinski definition) is 3. The molecule has 0 aromatic heterocycles. The van der Waals surface area contributed by atoms with Crippen molar-refractivity contribution in [2.24, 2.45) is 0 Å². The van der Waals surface area contributed by atoms with Gasteiger partial charge in [0.2, 0.25) is 0 Å². The molecule has 2 saturated heterocycles. The monoisotopic (exact) mass is 419 g/mol. The average molecular weight is 419 g/mol. The standard InChI is InChI=1S/C19H23BF5NO3/c1-17(2)18(3,4)29-20(28-17)12-10-13(21)11(9-14(12)22)16(27)26-8-6-5-7-15(26)19(23,24)25/h9-10,15H,5-8H2,1-4H3. The summed E-state index contributed by atoms with van der Waals surface area (Å²) in [5, 5.41) is 0. The van der Waals surface area contributed by atoms with Crippen LogP contribution in [0.3, 0.4) is 0 Å². The van der Waals surface area contributed by atoms with Crippen molar-refractivity contribution >= 4 is 18.5 Å². The van der Waals surface area contributed by atoms with E-state index in [2.05, 4.69) is 0 Å². The third-order valence-electron chi connectivity index (χ3n) is 5.97. The van der Waals surface area contributed by atoms with Crippen LogP contribution in [-0.2, 0) is 9.31 Å². The van der Waals surface area contributed by atoms with Crippen molar-refractivity contribution < 1.29 is 36.1 Å². The second-order valence-electron chi connectivity index (χ2n) is 8.49. The third-order valence-corrected chi connectivity index (χ3v) is 5.97. The van der Waals surface area contributed by atoms with Gasteiger partial charge in [-0.15, -0.1) is 0 Å². The van der Waals surface area contributed by atoms with Gasteiger partial charge in [-0.2, -0.15) is 13.2 Å². The van der Waals surface area contributed by atoms with Gasteiger partial charge in [-0.1, -0.05) is 0 Å². The molecule has 1 aromatic carbocycles. The lowest BCUT2D eigenvalue weighted by atomic mass is 9.78. The number of rotatable bonds is 2. The molecule has 2 aliphatic rings. The first-order valence-electron chi connectivity index (χ1n) is 9.47. The molecule has 2 aliphatic heterocycles. The zero-order valence-electron chi connectivity index (χ0n) is 16.7. The number of amides is 1. The van der Waals surface area contributed by atoms with E-state index in [1.165, 1.54) is 0 Å². The molecule has 0 saturated carbocycles. The molecule has 0 radical (unpaired) electrons. The Morgan fingerprint density at radius 3 is 2.21 bits per heavy atom. The Morgan fingerprint density at radius 2 is 1.66 bits per heavy atom. The minimum Gasteiger partial charge on any atom is -0.399 e. The van der Waals surface area contributed by atoms with Crippen molar-refractivity contribution in [1.82, 2.24) is 4.90 Å². The van der Waals surface area contributed by atoms with Gasteiger partial charge < -0.3 is 14.2 Å². The van der Waals surface area contributed by atoms with Crippen molar-refractivity contribution in [1.29, 1.82) is 0 Å². The Bertz CT molecular complexity index is 796. The van der Waals surface area contributed by atoms with Crippen molar-refractivity contribution in [3.8, 4) is 0 Å². The Labute approximate surface area is 166 Å². The molecule has 1 unspecified atom stereocenters. The second-order valence-corrected chi connectivity index (χ2v) is 8.49. The number of carbonyl (C=O) groups excluding carboxylic acids is 1. The predicted molar refractivity (Wildman–Crippen MR) is 96.8 cm³/mol. The Morgan fingerprint density at radius 1 is 1.07 bits per heavy atom. The van der Waals surface area contributed by atoms with Crippen LogP contribution in [0.5, 0.6) is 0 Å². The van der Waals surface area contributed by atoms with E-state index in [0.717, 1.165) is 6.07 Å². The number of hydrogen-bond donors (Lipinski definition) is 0. The molecule has 2 fully saturated rings. The van der Waals surface area contributed by atoms with Crippen molar-refractivity contribution in [2.75, 3.05) is 6.54 Å². The highest BCUT2D eigenvalue weighted by atomic mass is 19.4. The van der Waals surface area contributed by atoms with Crippen LogP contribution in [0.25, 0.3) is 0 Å². The second kappa shape index (κ2) is 7.23. The molecule has 10 heteroatoms. The fourth-order valence-corrected chi connectivity index (χ4v) is 3.55. The van der Waals surface area contributed by atoms with Crippen LogP contribution in [0.2, 0.25) is 0 Å². The number of benzene rings is 1. The summed E-state index contributed by atoms with van der Waals surface area (Å²) in [4.78, 5) is 13.2. The molecular formula is C19H23BF5NO3. The normalized spacial score (nSPS) is 24.1. The summed E-state index contributed by atoms with van der Waals surface area (Å²) in [6.07, 6.45) is -4.21. The van der Waals surface area contributed by atoms with E-state index in [0.29, 0.717) is 23.8 Å². The minimum atomic E-state index is -4.63. The van der Waals surface area contributed by atoms with Crippen molar-refractivity contribution in [3.63, 3.8) is 0 Å². The predicted octanol–water partition coefficient (Wildman–Crippen LogP) is 3.82. The molecular weight excluding hydrogens is 396 g/mol. The summed E-state index contributed by atoms with van der Waals surface area (Å²) in [6, 6.07) is -0.619. The van der Waals surface area contributed by atoms with Crippen LogP contribution < -0.4 is 5.46 Å². The van der Waals surface area contributed by atoms with Crippen molar-refractivity contribution in [3.05, 3.63) is 29.3 Å². The van der Waals surface area contributed by atoms with Gasteiger partial charge in [0.05, 0.1) is 16.8 Å². The number of nitrogens with zero attached hydrogens (tertiary/aromatic N) is 1. The van der Waals surface area contributed by atoms with Crippen molar-refractivity contribution in [2.45, 2.75) is 70.4 Å². The van der Waals surface area contributed by atoms with Crippen LogP contribution >= 0.6 is 0 Å². The van der Waals surface area contributed by atoms with Gasteiger partial charge in [0, 0.05) is 12.0 Å². The SMILES string of the molecule is CC1(C)OB(c2cc(F)c(C(=O)N3CCCCC3C(F)(F)F)cc2F)OC1(C)C. The lowest BCUT2D eigenvalue weighted by molar-refractivity contribution is -0.183. The third kappa shape index (κ3) is 4.01. The first kappa shape index (κ1) is 22.0. The fraction of sp³-hybridized carbons (Fsp3) is 0.632. The zero-order chi connectivity index (χ0) is 21.8. The molecule has 0 bridgehead atoms. The van der Waals surface area contributed by atoms with Gasteiger partial charge in [-0.25, -0.2) is 8.78 Å². The summed E-state index contributed by atoms with van der Waals surface area (Å²) < 4.78 is 80.6. The average Bonchev–Trinajstić information content (AvgIpc) is 2.82. The molecule has 0 N–H and O–H groups in total. The molecule has 0 spiro atoms. The number of halogens is 5. The maximum absolute atomic E-state index is 14.7. The number of piperidine rings is 1. The summed E-state index contributed by atoms with van der Waals surface area (Å²) in [6.45, 7) is 6.81. The van der Waals surface area contributed by atoms with Crippen LogP contribution in [0.15, 0.2) is 12.1 Å². The smallest absolute Gasteiger partial charge is 0.399 e. The van der Waals surface area contributed by atoms with E-state index in [1.54, 1.807) is 27.7 Å². The van der Waals surface area contributed by atoms with E-state index in [1.807, 2.05) is 0 Å². The van der Waals surface area contributed by atoms with Crippen LogP contribution in [0.4, 0.5) is 22.0 Å². The van der Waals surface area contributed by atoms with Gasteiger partial charge in [-0.05, 0) is 59.1 Å². The van der Waals surface area contributed by atoms with Gasteiger partial charge in [-0.3, -0.25) is 4.79 Å². The molecule has 1 amide bonds. The largest absolute Gasteiger partial charge is 0.497 e. The molecule has 3 rings (SSSR count). The Hall–Kier alpha value is -1.68. The lowest BCUT2D eigenvalue weighted by Crippen LogP contribution is -2.51. The highest BCUT2D eigenvalue weighted by Crippen LogP contribution is 2.37. The summed E-state index contributed by atoms with van der Waals surface area (Å²) in [5.74, 6) is -3.27. The molecule has 1 atom stereocenters. The van der Waals surface area contributed by atoms with E-state index >= 15 is 0 Å². The summed E-state index contributed by atoms with van der Waals surface area (Å²) in [5.41, 5.74) is -2.56. The highest BCUT2D eigenvalue weighted by Gasteiger charge is 2.53. The van der Waals surface area contributed by atoms with Gasteiger partial charge in [0.15, 0.2) is 0 Å². The van der Waals surface area contributed by atoms with E-state index in [9.17, 15) is 26.7 Å². The Kier molecular flexibility index (Phi) is 5.49. The number of carbonyl (C=O) groups is 1. The topological polar surface area (TPSA) is 38.8 Å². The molecule has 0 aliphatic carbocycles. The van der Waals surface area contributed by atoms with Crippen LogP contribution in [0, 0.1) is 11.6 Å². The zero-order valence-corrected chi connectivity index (χ0v) is 16.7. The lowest BCUT2D eigenvalue weighted by Gasteiger charge is -2.36. The Balaban J connectivity index is 1.91. The number of likely N-dealkylation sites (tertiary alicyclic amines) is 1. The first-order valence-corrected chi connectivity index (χ1v) is 9.47. The van der Waals surface area contributed by atoms with E-state index in [-0.39, 0.29) is 18.4 Å². The van der Waals surface area contributed by atoms with Crippen LogP contribution in [-0.4, -0.2) is 47.9 Å². The molecule has 29 heavy (non-hydrogen) atoms. The van der Waals surface area contributed by atoms with Gasteiger partial charge >= 0.3 is 13.3 Å². The molecule has 4 nitrogen and oxygen atoms in total.